The summed E-state index contributed by atoms with van der Waals surface area (Å²) in [6.07, 6.45) is 0.323. The van der Waals surface area contributed by atoms with Crippen molar-refractivity contribution in [3.05, 3.63) is 24.0 Å². The van der Waals surface area contributed by atoms with Crippen LogP contribution in [0.3, 0.4) is 0 Å². The van der Waals surface area contributed by atoms with E-state index in [1.54, 1.807) is 0 Å². The van der Waals surface area contributed by atoms with E-state index in [1.165, 1.54) is 12.1 Å². The number of ether oxygens (including phenoxy) is 2. The monoisotopic (exact) mass is 282 g/mol. The molecule has 110 valence electrons. The third-order valence-corrected chi connectivity index (χ3v) is 3.51. The summed E-state index contributed by atoms with van der Waals surface area (Å²) >= 11 is 0. The highest BCUT2D eigenvalue weighted by molar-refractivity contribution is 6.58. The molecule has 1 atom stereocenters. The van der Waals surface area contributed by atoms with Crippen LogP contribution < -0.4 is 10.2 Å². The molecule has 20 heavy (non-hydrogen) atoms. The van der Waals surface area contributed by atoms with E-state index in [2.05, 4.69) is 0 Å². The zero-order chi connectivity index (χ0) is 15.1. The van der Waals surface area contributed by atoms with E-state index in [0.717, 1.165) is 6.07 Å². The molecule has 1 aromatic carbocycles. The summed E-state index contributed by atoms with van der Waals surface area (Å²) in [4.78, 5) is 0. The molecule has 1 aliphatic heterocycles. The summed E-state index contributed by atoms with van der Waals surface area (Å²) in [7, 11) is -1.65. The molecule has 0 saturated carbocycles. The average molecular weight is 282 g/mol. The quantitative estimate of drug-likeness (QED) is 0.819. The summed E-state index contributed by atoms with van der Waals surface area (Å²) in [5.41, 5.74) is -0.680. The Morgan fingerprint density at radius 2 is 1.95 bits per heavy atom. The second-order valence-corrected chi connectivity index (χ2v) is 6.34. The van der Waals surface area contributed by atoms with Gasteiger partial charge in [-0.2, -0.15) is 0 Å². The number of rotatable bonds is 3. The Hall–Kier alpha value is -1.11. The minimum Gasteiger partial charge on any atom is -0.484 e. The molecule has 1 heterocycles. The van der Waals surface area contributed by atoms with Crippen molar-refractivity contribution in [1.29, 1.82) is 0 Å². The SMILES string of the molecule is CC1(C)CC(Oc2cc(B(O)O)ccc2F)C(C)(C)O1. The molecule has 6 heteroatoms. The molecule has 0 spiro atoms. The van der Waals surface area contributed by atoms with E-state index in [1.807, 2.05) is 27.7 Å². The Kier molecular flexibility index (Phi) is 3.84. The summed E-state index contributed by atoms with van der Waals surface area (Å²) in [5.74, 6) is -0.523. The minimum absolute atomic E-state index is 0.00924. The molecule has 2 N–H and O–H groups in total. The van der Waals surface area contributed by atoms with Crippen molar-refractivity contribution < 1.29 is 23.9 Å². The molecular formula is C14H20BFO4. The lowest BCUT2D eigenvalue weighted by molar-refractivity contribution is -0.0849. The lowest BCUT2D eigenvalue weighted by Crippen LogP contribution is -2.37. The Balaban J connectivity index is 2.24. The predicted molar refractivity (Wildman–Crippen MR) is 74.5 cm³/mol. The third-order valence-electron chi connectivity index (χ3n) is 3.51. The maximum absolute atomic E-state index is 13.8. The minimum atomic E-state index is -1.65. The maximum Gasteiger partial charge on any atom is 0.488 e. The smallest absolute Gasteiger partial charge is 0.484 e. The second kappa shape index (κ2) is 5.02. The summed E-state index contributed by atoms with van der Waals surface area (Å²) < 4.78 is 25.4. The largest absolute Gasteiger partial charge is 0.488 e. The van der Waals surface area contributed by atoms with Crippen LogP contribution in [0, 0.1) is 5.82 Å². The van der Waals surface area contributed by atoms with Gasteiger partial charge in [-0.3, -0.25) is 0 Å². The first-order valence-corrected chi connectivity index (χ1v) is 6.63. The van der Waals surface area contributed by atoms with Crippen molar-refractivity contribution in [2.24, 2.45) is 0 Å². The van der Waals surface area contributed by atoms with Gasteiger partial charge in [0.25, 0.3) is 0 Å². The van der Waals surface area contributed by atoms with Gasteiger partial charge in [-0.05, 0) is 45.3 Å². The lowest BCUT2D eigenvalue weighted by atomic mass is 9.80. The van der Waals surface area contributed by atoms with Crippen LogP contribution in [0.2, 0.25) is 0 Å². The topological polar surface area (TPSA) is 58.9 Å². The van der Waals surface area contributed by atoms with Crippen LogP contribution in [0.1, 0.15) is 34.1 Å². The van der Waals surface area contributed by atoms with Gasteiger partial charge in [-0.1, -0.05) is 6.07 Å². The van der Waals surface area contributed by atoms with Crippen LogP contribution in [0.4, 0.5) is 4.39 Å². The van der Waals surface area contributed by atoms with Gasteiger partial charge in [0, 0.05) is 6.42 Å². The van der Waals surface area contributed by atoms with Gasteiger partial charge in [0.05, 0.1) is 5.60 Å². The van der Waals surface area contributed by atoms with E-state index >= 15 is 0 Å². The van der Waals surface area contributed by atoms with Gasteiger partial charge in [0.2, 0.25) is 0 Å². The number of hydrogen-bond acceptors (Lipinski definition) is 4. The molecule has 1 unspecified atom stereocenters. The molecule has 0 radical (unpaired) electrons. The van der Waals surface area contributed by atoms with Crippen LogP contribution >= 0.6 is 0 Å². The van der Waals surface area contributed by atoms with Gasteiger partial charge < -0.3 is 19.5 Å². The molecule has 0 aromatic heterocycles. The summed E-state index contributed by atoms with van der Waals surface area (Å²) in [5, 5.41) is 18.3. The molecular weight excluding hydrogens is 262 g/mol. The van der Waals surface area contributed by atoms with Crippen LogP contribution in [-0.4, -0.2) is 34.5 Å². The first-order valence-electron chi connectivity index (χ1n) is 6.63. The average Bonchev–Trinajstić information content (AvgIpc) is 2.49. The Bertz CT molecular complexity index is 502. The molecule has 1 aliphatic rings. The van der Waals surface area contributed by atoms with E-state index < -0.39 is 18.5 Å². The van der Waals surface area contributed by atoms with Crippen molar-refractivity contribution in [1.82, 2.24) is 0 Å². The van der Waals surface area contributed by atoms with Crippen LogP contribution in [0.25, 0.3) is 0 Å². The molecule has 0 aliphatic carbocycles. The van der Waals surface area contributed by atoms with Gasteiger partial charge in [0.1, 0.15) is 11.7 Å². The predicted octanol–water partition coefficient (Wildman–Crippen LogP) is 1.23. The molecule has 0 amide bonds. The highest BCUT2D eigenvalue weighted by Gasteiger charge is 2.47. The van der Waals surface area contributed by atoms with Crippen molar-refractivity contribution in [2.45, 2.75) is 51.4 Å². The van der Waals surface area contributed by atoms with Crippen molar-refractivity contribution in [3.8, 4) is 5.75 Å². The van der Waals surface area contributed by atoms with Crippen molar-refractivity contribution >= 4 is 12.6 Å². The Morgan fingerprint density at radius 1 is 1.30 bits per heavy atom. The van der Waals surface area contributed by atoms with E-state index in [9.17, 15) is 4.39 Å². The standard InChI is InChI=1S/C14H20BFO4/c1-13(2)8-12(14(3,4)20-13)19-11-7-9(15(17)18)5-6-10(11)16/h5-7,12,17-18H,8H2,1-4H3. The van der Waals surface area contributed by atoms with Crippen molar-refractivity contribution in [3.63, 3.8) is 0 Å². The van der Waals surface area contributed by atoms with E-state index in [-0.39, 0.29) is 22.9 Å². The molecule has 1 saturated heterocycles. The number of benzene rings is 1. The van der Waals surface area contributed by atoms with E-state index in [4.69, 9.17) is 19.5 Å². The Labute approximate surface area is 118 Å². The van der Waals surface area contributed by atoms with Crippen LogP contribution in [0.15, 0.2) is 18.2 Å². The van der Waals surface area contributed by atoms with Crippen molar-refractivity contribution in [2.75, 3.05) is 0 Å². The van der Waals surface area contributed by atoms with Gasteiger partial charge >= 0.3 is 7.12 Å². The highest BCUT2D eigenvalue weighted by Crippen LogP contribution is 2.39. The molecule has 1 fully saturated rings. The Morgan fingerprint density at radius 3 is 2.45 bits per heavy atom. The summed E-state index contributed by atoms with van der Waals surface area (Å²) in [6.45, 7) is 7.72. The first-order chi connectivity index (χ1) is 9.11. The fourth-order valence-electron chi connectivity index (χ4n) is 2.62. The fourth-order valence-corrected chi connectivity index (χ4v) is 2.62. The van der Waals surface area contributed by atoms with Gasteiger partial charge in [-0.25, -0.2) is 4.39 Å². The first kappa shape index (κ1) is 15.3. The fraction of sp³-hybridized carbons (Fsp3) is 0.571. The highest BCUT2D eigenvalue weighted by atomic mass is 19.1. The molecule has 4 nitrogen and oxygen atoms in total. The van der Waals surface area contributed by atoms with Crippen LogP contribution in [-0.2, 0) is 4.74 Å². The summed E-state index contributed by atoms with van der Waals surface area (Å²) in [6, 6.07) is 3.78. The van der Waals surface area contributed by atoms with Crippen LogP contribution in [0.5, 0.6) is 5.75 Å². The molecule has 2 rings (SSSR count). The normalized spacial score (nSPS) is 23.6. The third kappa shape index (κ3) is 3.14. The number of halogens is 1. The zero-order valence-corrected chi connectivity index (χ0v) is 12.2. The number of hydrogen-bond donors (Lipinski definition) is 2. The second-order valence-electron chi connectivity index (χ2n) is 6.34. The molecule has 1 aromatic rings. The van der Waals surface area contributed by atoms with Gasteiger partial charge in [-0.15, -0.1) is 0 Å². The lowest BCUT2D eigenvalue weighted by Gasteiger charge is -2.27. The zero-order valence-electron chi connectivity index (χ0n) is 12.2. The maximum atomic E-state index is 13.8. The van der Waals surface area contributed by atoms with Gasteiger partial charge in [0.15, 0.2) is 11.6 Å². The molecule has 0 bridgehead atoms. The van der Waals surface area contributed by atoms with E-state index in [0.29, 0.717) is 6.42 Å².